The number of carbonyl (C=O) groups is 1. The zero-order valence-corrected chi connectivity index (χ0v) is 17.1. The summed E-state index contributed by atoms with van der Waals surface area (Å²) in [6.45, 7) is 2.76. The molecule has 5 rings (SSSR count). The lowest BCUT2D eigenvalue weighted by molar-refractivity contribution is 0.0715. The van der Waals surface area contributed by atoms with Crippen LogP contribution in [0.3, 0.4) is 0 Å². The number of halogens is 1. The number of aromatic nitrogens is 1. The van der Waals surface area contributed by atoms with Gasteiger partial charge in [-0.15, -0.1) is 0 Å². The van der Waals surface area contributed by atoms with Crippen LogP contribution in [0.1, 0.15) is 10.6 Å². The minimum atomic E-state index is -0.0916. The Morgan fingerprint density at radius 3 is 2.55 bits per heavy atom. The second-order valence-electron chi connectivity index (χ2n) is 6.93. The average molecular weight is 424 g/mol. The zero-order chi connectivity index (χ0) is 19.8. The third kappa shape index (κ3) is 3.39. The molecule has 4 aromatic rings. The summed E-state index contributed by atoms with van der Waals surface area (Å²) >= 11 is 7.75. The molecule has 29 heavy (non-hydrogen) atoms. The molecule has 0 aliphatic carbocycles. The molecule has 3 heterocycles. The summed E-state index contributed by atoms with van der Waals surface area (Å²) in [4.78, 5) is 17.0. The van der Waals surface area contributed by atoms with Gasteiger partial charge in [-0.05, 0) is 47.9 Å². The summed E-state index contributed by atoms with van der Waals surface area (Å²) in [7, 11) is 0. The summed E-state index contributed by atoms with van der Waals surface area (Å²) in [5.41, 5.74) is 0.786. The van der Waals surface area contributed by atoms with E-state index >= 15 is 0 Å². The minimum Gasteiger partial charge on any atom is -0.451 e. The molecule has 0 spiro atoms. The highest BCUT2D eigenvalue weighted by Gasteiger charge is 2.26. The van der Waals surface area contributed by atoms with Gasteiger partial charge < -0.3 is 14.2 Å². The van der Waals surface area contributed by atoms with Gasteiger partial charge in [-0.1, -0.05) is 35.9 Å². The fourth-order valence-corrected chi connectivity index (χ4v) is 4.66. The second-order valence-corrected chi connectivity index (χ2v) is 8.14. The van der Waals surface area contributed by atoms with Crippen LogP contribution in [0.25, 0.3) is 21.4 Å². The highest BCUT2D eigenvalue weighted by Crippen LogP contribution is 2.31. The lowest BCUT2D eigenvalue weighted by atomic mass is 10.2. The molecule has 0 N–H and O–H groups in total. The van der Waals surface area contributed by atoms with Crippen molar-refractivity contribution in [2.24, 2.45) is 0 Å². The van der Waals surface area contributed by atoms with E-state index in [2.05, 4.69) is 21.4 Å². The van der Waals surface area contributed by atoms with E-state index in [9.17, 15) is 4.79 Å². The molecule has 1 fully saturated rings. The monoisotopic (exact) mass is 423 g/mol. The smallest absolute Gasteiger partial charge is 0.289 e. The highest BCUT2D eigenvalue weighted by molar-refractivity contribution is 7.13. The highest BCUT2D eigenvalue weighted by atomic mass is 35.5. The minimum absolute atomic E-state index is 0.0916. The van der Waals surface area contributed by atoms with Crippen molar-refractivity contribution in [1.82, 2.24) is 9.27 Å². The number of amides is 1. The van der Waals surface area contributed by atoms with Crippen molar-refractivity contribution in [3.8, 4) is 11.3 Å². The Hall–Kier alpha value is -2.83. The van der Waals surface area contributed by atoms with E-state index in [-0.39, 0.29) is 5.91 Å². The Morgan fingerprint density at radius 2 is 1.72 bits per heavy atom. The van der Waals surface area contributed by atoms with Crippen LogP contribution in [-0.4, -0.2) is 41.4 Å². The van der Waals surface area contributed by atoms with Crippen molar-refractivity contribution >= 4 is 44.9 Å². The molecule has 0 radical (unpaired) electrons. The largest absolute Gasteiger partial charge is 0.451 e. The summed E-state index contributed by atoms with van der Waals surface area (Å²) in [6, 6.07) is 19.2. The van der Waals surface area contributed by atoms with Gasteiger partial charge in [0.15, 0.2) is 5.76 Å². The van der Waals surface area contributed by atoms with E-state index in [4.69, 9.17) is 16.0 Å². The maximum Gasteiger partial charge on any atom is 0.289 e. The van der Waals surface area contributed by atoms with Crippen molar-refractivity contribution in [2.45, 2.75) is 0 Å². The summed E-state index contributed by atoms with van der Waals surface area (Å²) in [6.07, 6.45) is 0. The molecule has 1 aliphatic heterocycles. The zero-order valence-electron chi connectivity index (χ0n) is 15.5. The molecule has 1 amide bonds. The van der Waals surface area contributed by atoms with Gasteiger partial charge in [0.1, 0.15) is 11.6 Å². The predicted molar refractivity (Wildman–Crippen MR) is 117 cm³/mol. The molecule has 0 saturated carbocycles. The van der Waals surface area contributed by atoms with Crippen molar-refractivity contribution in [1.29, 1.82) is 0 Å². The fraction of sp³-hybridized carbons (Fsp3) is 0.182. The first-order chi connectivity index (χ1) is 14.2. The van der Waals surface area contributed by atoms with Gasteiger partial charge >= 0.3 is 0 Å². The van der Waals surface area contributed by atoms with Gasteiger partial charge in [0.2, 0.25) is 0 Å². The van der Waals surface area contributed by atoms with E-state index in [0.29, 0.717) is 29.6 Å². The van der Waals surface area contributed by atoms with Crippen molar-refractivity contribution in [3.63, 3.8) is 0 Å². The normalized spacial score (nSPS) is 14.5. The van der Waals surface area contributed by atoms with Gasteiger partial charge in [0.05, 0.1) is 9.72 Å². The number of hydrogen-bond donors (Lipinski definition) is 0. The Morgan fingerprint density at radius 1 is 0.966 bits per heavy atom. The summed E-state index contributed by atoms with van der Waals surface area (Å²) < 4.78 is 11.6. The molecule has 0 atom stereocenters. The first kappa shape index (κ1) is 18.2. The van der Waals surface area contributed by atoms with E-state index in [1.165, 1.54) is 21.6 Å². The van der Waals surface area contributed by atoms with E-state index in [0.717, 1.165) is 24.5 Å². The van der Waals surface area contributed by atoms with Crippen molar-refractivity contribution in [2.75, 3.05) is 31.1 Å². The number of carbonyl (C=O) groups excluding carboxylic acids is 1. The van der Waals surface area contributed by atoms with Gasteiger partial charge in [-0.25, -0.2) is 0 Å². The quantitative estimate of drug-likeness (QED) is 0.456. The van der Waals surface area contributed by atoms with Crippen LogP contribution >= 0.6 is 23.1 Å². The number of furan rings is 1. The number of rotatable bonds is 3. The van der Waals surface area contributed by atoms with Crippen LogP contribution in [0.15, 0.2) is 65.1 Å². The topological polar surface area (TPSA) is 49.6 Å². The first-order valence-electron chi connectivity index (χ1n) is 9.44. The molecular weight excluding hydrogens is 406 g/mol. The van der Waals surface area contributed by atoms with Crippen LogP contribution in [0.5, 0.6) is 0 Å². The third-order valence-electron chi connectivity index (χ3n) is 5.18. The molecule has 1 aliphatic rings. The summed E-state index contributed by atoms with van der Waals surface area (Å²) in [5.74, 6) is 1.86. The SMILES string of the molecule is O=C(c1ccc(-c2ccccc2Cl)o1)N1CCN(c2nsc3ccccc23)CC1. The van der Waals surface area contributed by atoms with Gasteiger partial charge in [0.25, 0.3) is 5.91 Å². The predicted octanol–water partition coefficient (Wildman–Crippen LogP) is 5.17. The second kappa shape index (κ2) is 7.54. The van der Waals surface area contributed by atoms with E-state index in [1.807, 2.05) is 41.3 Å². The van der Waals surface area contributed by atoms with Gasteiger partial charge in [0, 0.05) is 37.1 Å². The lowest BCUT2D eigenvalue weighted by Crippen LogP contribution is -2.48. The standard InChI is InChI=1S/C22H18ClN3O2S/c23-17-7-3-1-5-15(17)18-9-10-19(28-18)22(27)26-13-11-25(12-14-26)21-16-6-2-4-8-20(16)29-24-21/h1-10H,11-14H2. The Balaban J connectivity index is 1.29. The van der Waals surface area contributed by atoms with Crippen molar-refractivity contribution < 1.29 is 9.21 Å². The van der Waals surface area contributed by atoms with E-state index in [1.54, 1.807) is 12.1 Å². The third-order valence-corrected chi connectivity index (χ3v) is 6.33. The Kier molecular flexibility index (Phi) is 4.73. The first-order valence-corrected chi connectivity index (χ1v) is 10.6. The summed E-state index contributed by atoms with van der Waals surface area (Å²) in [5, 5.41) is 1.78. The van der Waals surface area contributed by atoms with Gasteiger partial charge in [-0.3, -0.25) is 4.79 Å². The molecule has 1 saturated heterocycles. The molecule has 0 unspecified atom stereocenters. The molecule has 2 aromatic heterocycles. The molecule has 5 nitrogen and oxygen atoms in total. The average Bonchev–Trinajstić information content (AvgIpc) is 3.41. The van der Waals surface area contributed by atoms with Crippen LogP contribution in [0.2, 0.25) is 5.02 Å². The van der Waals surface area contributed by atoms with Crippen LogP contribution < -0.4 is 4.90 Å². The molecule has 2 aromatic carbocycles. The van der Waals surface area contributed by atoms with E-state index < -0.39 is 0 Å². The number of anilines is 1. The van der Waals surface area contributed by atoms with Crippen LogP contribution in [0, 0.1) is 0 Å². The molecular formula is C22H18ClN3O2S. The molecule has 146 valence electrons. The Bertz CT molecular complexity index is 1180. The Labute approximate surface area is 177 Å². The number of fused-ring (bicyclic) bond motifs is 1. The maximum absolute atomic E-state index is 12.9. The van der Waals surface area contributed by atoms with Crippen LogP contribution in [0.4, 0.5) is 5.82 Å². The maximum atomic E-state index is 12.9. The number of hydrogen-bond acceptors (Lipinski definition) is 5. The fourth-order valence-electron chi connectivity index (χ4n) is 3.64. The molecule has 7 heteroatoms. The lowest BCUT2D eigenvalue weighted by Gasteiger charge is -2.34. The van der Waals surface area contributed by atoms with Crippen LogP contribution in [-0.2, 0) is 0 Å². The number of piperazine rings is 1. The van der Waals surface area contributed by atoms with Crippen molar-refractivity contribution in [3.05, 3.63) is 71.4 Å². The van der Waals surface area contributed by atoms with Gasteiger partial charge in [-0.2, -0.15) is 4.37 Å². The number of benzene rings is 2. The molecule has 0 bridgehead atoms. The number of nitrogens with zero attached hydrogens (tertiary/aromatic N) is 3.